The van der Waals surface area contributed by atoms with E-state index in [2.05, 4.69) is 4.72 Å². The molecule has 4 rings (SSSR count). The van der Waals surface area contributed by atoms with Crippen LogP contribution in [0.5, 0.6) is 11.5 Å². The van der Waals surface area contributed by atoms with Crippen molar-refractivity contribution in [1.29, 1.82) is 0 Å². The number of anilines is 2. The number of fused-ring (bicyclic) bond motifs is 2. The number of rotatable bonds is 4. The molecule has 0 saturated heterocycles. The number of amides is 1. The molecule has 30 heavy (non-hydrogen) atoms. The summed E-state index contributed by atoms with van der Waals surface area (Å²) in [5.41, 5.74) is 0.779. The first kappa shape index (κ1) is 19.8. The van der Waals surface area contributed by atoms with Crippen molar-refractivity contribution in [2.45, 2.75) is 11.8 Å². The van der Waals surface area contributed by atoms with Crippen molar-refractivity contribution in [3.8, 4) is 11.5 Å². The van der Waals surface area contributed by atoms with E-state index in [1.54, 1.807) is 24.3 Å². The number of benzene rings is 3. The van der Waals surface area contributed by atoms with Crippen LogP contribution in [0.2, 0.25) is 0 Å². The molecule has 3 aromatic rings. The van der Waals surface area contributed by atoms with E-state index in [-0.39, 0.29) is 22.9 Å². The van der Waals surface area contributed by atoms with Crippen LogP contribution in [0.25, 0.3) is 0 Å². The molecule has 9 heteroatoms. The fourth-order valence-electron chi connectivity index (χ4n) is 3.21. The lowest BCUT2D eigenvalue weighted by atomic mass is 10.1. The fraction of sp³-hybridized carbons (Fsp3) is 0.0952. The zero-order chi connectivity index (χ0) is 21.5. The van der Waals surface area contributed by atoms with E-state index in [4.69, 9.17) is 4.74 Å². The maximum atomic E-state index is 13.9. The molecule has 1 N–H and O–H groups in total. The molecule has 0 spiro atoms. The third kappa shape index (κ3) is 3.48. The second-order valence-electron chi connectivity index (χ2n) is 6.51. The van der Waals surface area contributed by atoms with E-state index >= 15 is 0 Å². The third-order valence-electron chi connectivity index (χ3n) is 4.58. The van der Waals surface area contributed by atoms with Crippen molar-refractivity contribution in [2.24, 2.45) is 0 Å². The van der Waals surface area contributed by atoms with Crippen LogP contribution >= 0.6 is 0 Å². The number of hydrogen-bond acceptors (Lipinski definition) is 4. The van der Waals surface area contributed by atoms with Gasteiger partial charge in [-0.05, 0) is 49.4 Å². The van der Waals surface area contributed by atoms with Gasteiger partial charge in [-0.25, -0.2) is 17.2 Å². The average molecular weight is 430 g/mol. The van der Waals surface area contributed by atoms with Gasteiger partial charge < -0.3 is 9.64 Å². The van der Waals surface area contributed by atoms with Gasteiger partial charge in [0.05, 0.1) is 11.3 Å². The molecule has 0 fully saturated rings. The lowest BCUT2D eigenvalue weighted by molar-refractivity contribution is 0.0988. The predicted molar refractivity (Wildman–Crippen MR) is 107 cm³/mol. The lowest BCUT2D eigenvalue weighted by Gasteiger charge is -2.20. The Kier molecular flexibility index (Phi) is 4.90. The molecule has 3 aromatic carbocycles. The number of sulfonamides is 1. The third-order valence-corrected chi connectivity index (χ3v) is 6.00. The molecular weight excluding hydrogens is 414 g/mol. The summed E-state index contributed by atoms with van der Waals surface area (Å²) in [6.45, 7) is 2.18. The Morgan fingerprint density at radius 1 is 1.00 bits per heavy atom. The molecule has 1 heterocycles. The molecule has 0 bridgehead atoms. The molecule has 0 aromatic heterocycles. The number of carbonyl (C=O) groups is 1. The summed E-state index contributed by atoms with van der Waals surface area (Å²) >= 11 is 0. The quantitative estimate of drug-likeness (QED) is 0.660. The van der Waals surface area contributed by atoms with E-state index in [9.17, 15) is 22.0 Å². The van der Waals surface area contributed by atoms with Crippen LogP contribution in [0.15, 0.2) is 65.6 Å². The summed E-state index contributed by atoms with van der Waals surface area (Å²) in [5.74, 6) is -1.72. The molecule has 0 saturated carbocycles. The zero-order valence-corrected chi connectivity index (χ0v) is 16.5. The first-order valence-corrected chi connectivity index (χ1v) is 10.5. The first-order chi connectivity index (χ1) is 14.3. The number of para-hydroxylation sites is 2. The van der Waals surface area contributed by atoms with Crippen LogP contribution < -0.4 is 14.4 Å². The number of hydrogen-bond donors (Lipinski definition) is 1. The van der Waals surface area contributed by atoms with Crippen LogP contribution in [0.4, 0.5) is 20.2 Å². The Morgan fingerprint density at radius 2 is 1.77 bits per heavy atom. The van der Waals surface area contributed by atoms with Crippen molar-refractivity contribution in [2.75, 3.05) is 16.2 Å². The highest BCUT2D eigenvalue weighted by Crippen LogP contribution is 2.39. The van der Waals surface area contributed by atoms with Crippen molar-refractivity contribution >= 4 is 27.3 Å². The second kappa shape index (κ2) is 7.42. The summed E-state index contributed by atoms with van der Waals surface area (Å²) < 4.78 is 60.2. The van der Waals surface area contributed by atoms with E-state index in [1.807, 2.05) is 6.92 Å². The van der Waals surface area contributed by atoms with Gasteiger partial charge >= 0.3 is 0 Å². The summed E-state index contributed by atoms with van der Waals surface area (Å²) in [5, 5.41) is 0. The van der Waals surface area contributed by atoms with Crippen LogP contribution in [-0.4, -0.2) is 20.9 Å². The molecule has 1 aliphatic heterocycles. The minimum absolute atomic E-state index is 0.0384. The van der Waals surface area contributed by atoms with Crippen LogP contribution in [0.3, 0.4) is 0 Å². The molecule has 0 aliphatic carbocycles. The van der Waals surface area contributed by atoms with Gasteiger partial charge in [0, 0.05) is 18.3 Å². The van der Waals surface area contributed by atoms with E-state index in [1.165, 1.54) is 23.1 Å². The Bertz CT molecular complexity index is 1260. The van der Waals surface area contributed by atoms with Crippen molar-refractivity contribution in [3.63, 3.8) is 0 Å². The molecule has 1 amide bonds. The largest absolute Gasteiger partial charge is 0.454 e. The smallest absolute Gasteiger partial charge is 0.264 e. The summed E-state index contributed by atoms with van der Waals surface area (Å²) in [4.78, 5) is 13.9. The summed E-state index contributed by atoms with van der Waals surface area (Å²) in [6.07, 6.45) is 0. The fourth-order valence-corrected chi connectivity index (χ4v) is 4.32. The number of halogens is 2. The number of ether oxygens (including phenoxy) is 1. The molecule has 6 nitrogen and oxygen atoms in total. The van der Waals surface area contributed by atoms with Gasteiger partial charge in [0.2, 0.25) is 0 Å². The number of nitrogens with one attached hydrogen (secondary N) is 1. The van der Waals surface area contributed by atoms with E-state index in [0.717, 1.165) is 12.1 Å². The van der Waals surface area contributed by atoms with Gasteiger partial charge in [0.15, 0.2) is 5.75 Å². The van der Waals surface area contributed by atoms with Gasteiger partial charge in [-0.2, -0.15) is 0 Å². The number of nitrogens with zero attached hydrogens (tertiary/aromatic N) is 1. The topological polar surface area (TPSA) is 75.7 Å². The average Bonchev–Trinajstić information content (AvgIpc) is 2.81. The summed E-state index contributed by atoms with van der Waals surface area (Å²) in [7, 11) is -4.34. The molecular formula is C21H16F2N2O4S. The zero-order valence-electron chi connectivity index (χ0n) is 15.7. The van der Waals surface area contributed by atoms with Gasteiger partial charge in [-0.15, -0.1) is 0 Å². The Hall–Kier alpha value is -3.46. The highest BCUT2D eigenvalue weighted by atomic mass is 32.2. The molecule has 0 radical (unpaired) electrons. The number of carbonyl (C=O) groups excluding carboxylic acids is 1. The Balaban J connectivity index is 1.73. The first-order valence-electron chi connectivity index (χ1n) is 9.01. The van der Waals surface area contributed by atoms with Crippen molar-refractivity contribution < 1.29 is 26.7 Å². The maximum Gasteiger partial charge on any atom is 0.264 e. The van der Waals surface area contributed by atoms with Gasteiger partial charge in [0.1, 0.15) is 22.3 Å². The van der Waals surface area contributed by atoms with Gasteiger partial charge in [0.25, 0.3) is 15.9 Å². The van der Waals surface area contributed by atoms with Crippen molar-refractivity contribution in [1.82, 2.24) is 0 Å². The Labute approximate surface area is 171 Å². The molecule has 154 valence electrons. The van der Waals surface area contributed by atoms with Crippen LogP contribution in [0, 0.1) is 11.6 Å². The standard InChI is InChI=1S/C21H16F2N2O4S/c1-2-25-17-5-3-4-6-19(17)29-18-9-8-14(12-15(18)21(25)26)24-30(27,28)20-10-7-13(22)11-16(20)23/h3-12,24H,2H2,1H3. The van der Waals surface area contributed by atoms with Gasteiger partial charge in [-0.1, -0.05) is 12.1 Å². The predicted octanol–water partition coefficient (Wildman–Crippen LogP) is 4.54. The minimum atomic E-state index is -4.34. The monoisotopic (exact) mass is 430 g/mol. The summed E-state index contributed by atoms with van der Waals surface area (Å²) in [6, 6.07) is 13.4. The Morgan fingerprint density at radius 3 is 2.50 bits per heavy atom. The minimum Gasteiger partial charge on any atom is -0.454 e. The second-order valence-corrected chi connectivity index (χ2v) is 8.16. The normalized spacial score (nSPS) is 13.2. The van der Waals surface area contributed by atoms with E-state index in [0.29, 0.717) is 24.0 Å². The molecule has 1 aliphatic rings. The maximum absolute atomic E-state index is 13.9. The van der Waals surface area contributed by atoms with Crippen LogP contribution in [0.1, 0.15) is 17.3 Å². The molecule has 0 unspecified atom stereocenters. The molecule has 0 atom stereocenters. The highest BCUT2D eigenvalue weighted by molar-refractivity contribution is 7.92. The van der Waals surface area contributed by atoms with E-state index < -0.39 is 26.6 Å². The van der Waals surface area contributed by atoms with Crippen LogP contribution in [-0.2, 0) is 10.0 Å². The van der Waals surface area contributed by atoms with Gasteiger partial charge in [-0.3, -0.25) is 9.52 Å². The lowest BCUT2D eigenvalue weighted by Crippen LogP contribution is -2.29. The highest BCUT2D eigenvalue weighted by Gasteiger charge is 2.28. The SMILES string of the molecule is CCN1C(=O)c2cc(NS(=O)(=O)c3ccc(F)cc3F)ccc2Oc2ccccc21. The van der Waals surface area contributed by atoms with Crippen molar-refractivity contribution in [3.05, 3.63) is 77.9 Å².